The predicted octanol–water partition coefficient (Wildman–Crippen LogP) is 1.15. The largest absolute Gasteiger partial charge is 0.495 e. The van der Waals surface area contributed by atoms with E-state index in [1.165, 1.54) is 4.90 Å². The van der Waals surface area contributed by atoms with Crippen LogP contribution in [0.2, 0.25) is 0 Å². The Balaban J connectivity index is 2.69. The van der Waals surface area contributed by atoms with Crippen molar-refractivity contribution in [3.8, 4) is 5.75 Å². The molecule has 0 unspecified atom stereocenters. The maximum atomic E-state index is 11.6. The maximum Gasteiger partial charge on any atom is 0.321 e. The number of aliphatic hydroxyl groups is 1. The number of hydrogen-bond donors (Lipinski definition) is 2. The van der Waals surface area contributed by atoms with Crippen LogP contribution in [0.15, 0.2) is 24.3 Å². The molecule has 2 amide bonds. The second-order valence-electron chi connectivity index (χ2n) is 3.28. The normalized spacial score (nSPS) is 9.69. The van der Waals surface area contributed by atoms with E-state index in [1.807, 2.05) is 12.1 Å². The molecule has 0 saturated carbocycles. The highest BCUT2D eigenvalue weighted by atomic mass is 16.5. The van der Waals surface area contributed by atoms with Crippen LogP contribution in [-0.4, -0.2) is 43.3 Å². The summed E-state index contributed by atoms with van der Waals surface area (Å²) >= 11 is 0. The Labute approximate surface area is 94.6 Å². The first-order valence-corrected chi connectivity index (χ1v) is 4.95. The number of methoxy groups -OCH3 is 1. The molecule has 0 heterocycles. The molecule has 0 aromatic heterocycles. The molecule has 0 saturated heterocycles. The van der Waals surface area contributed by atoms with Crippen molar-refractivity contribution < 1.29 is 14.6 Å². The number of benzene rings is 1. The highest BCUT2D eigenvalue weighted by molar-refractivity contribution is 5.90. The average molecular weight is 224 g/mol. The van der Waals surface area contributed by atoms with Gasteiger partial charge in [-0.1, -0.05) is 12.1 Å². The summed E-state index contributed by atoms with van der Waals surface area (Å²) in [5, 5.41) is 11.4. The van der Waals surface area contributed by atoms with Crippen molar-refractivity contribution in [2.45, 2.75) is 0 Å². The van der Waals surface area contributed by atoms with Crippen LogP contribution in [0.1, 0.15) is 0 Å². The third kappa shape index (κ3) is 3.13. The van der Waals surface area contributed by atoms with Gasteiger partial charge in [-0.2, -0.15) is 0 Å². The lowest BCUT2D eigenvalue weighted by atomic mass is 10.3. The van der Waals surface area contributed by atoms with E-state index < -0.39 is 0 Å². The van der Waals surface area contributed by atoms with Gasteiger partial charge in [-0.15, -0.1) is 0 Å². The van der Waals surface area contributed by atoms with Gasteiger partial charge in [0.15, 0.2) is 0 Å². The van der Waals surface area contributed by atoms with Gasteiger partial charge < -0.3 is 20.1 Å². The molecule has 0 aliphatic rings. The van der Waals surface area contributed by atoms with Crippen molar-refractivity contribution in [1.82, 2.24) is 4.90 Å². The van der Waals surface area contributed by atoms with Gasteiger partial charge in [-0.25, -0.2) is 4.79 Å². The molecule has 0 aliphatic carbocycles. The van der Waals surface area contributed by atoms with E-state index in [2.05, 4.69) is 5.32 Å². The van der Waals surface area contributed by atoms with Crippen LogP contribution in [0.5, 0.6) is 5.75 Å². The second-order valence-corrected chi connectivity index (χ2v) is 3.28. The van der Waals surface area contributed by atoms with Crippen LogP contribution in [0, 0.1) is 0 Å². The van der Waals surface area contributed by atoms with Gasteiger partial charge in [0.25, 0.3) is 0 Å². The molecule has 1 rings (SSSR count). The average Bonchev–Trinajstić information content (AvgIpc) is 2.30. The number of carbonyl (C=O) groups excluding carboxylic acids is 1. The van der Waals surface area contributed by atoms with E-state index in [9.17, 15) is 4.79 Å². The Morgan fingerprint density at radius 1 is 1.50 bits per heavy atom. The number of ether oxygens (including phenoxy) is 1. The molecule has 0 bridgehead atoms. The molecule has 16 heavy (non-hydrogen) atoms. The van der Waals surface area contributed by atoms with Crippen LogP contribution in [0.3, 0.4) is 0 Å². The van der Waals surface area contributed by atoms with Gasteiger partial charge in [0.1, 0.15) is 5.75 Å². The predicted molar refractivity (Wildman–Crippen MR) is 61.7 cm³/mol. The van der Waals surface area contributed by atoms with Gasteiger partial charge in [0.05, 0.1) is 19.4 Å². The van der Waals surface area contributed by atoms with E-state index >= 15 is 0 Å². The Morgan fingerprint density at radius 3 is 2.81 bits per heavy atom. The molecule has 5 heteroatoms. The molecular weight excluding hydrogens is 208 g/mol. The summed E-state index contributed by atoms with van der Waals surface area (Å²) < 4.78 is 5.10. The van der Waals surface area contributed by atoms with Crippen molar-refractivity contribution in [2.75, 3.05) is 32.6 Å². The topological polar surface area (TPSA) is 61.8 Å². The Bertz CT molecular complexity index is 355. The van der Waals surface area contributed by atoms with E-state index in [0.717, 1.165) is 0 Å². The van der Waals surface area contributed by atoms with E-state index in [4.69, 9.17) is 9.84 Å². The molecule has 5 nitrogen and oxygen atoms in total. The monoisotopic (exact) mass is 224 g/mol. The molecule has 0 atom stereocenters. The van der Waals surface area contributed by atoms with Crippen LogP contribution < -0.4 is 10.1 Å². The zero-order valence-corrected chi connectivity index (χ0v) is 9.43. The molecule has 88 valence electrons. The van der Waals surface area contributed by atoms with E-state index in [-0.39, 0.29) is 12.6 Å². The quantitative estimate of drug-likeness (QED) is 0.806. The number of para-hydroxylation sites is 2. The van der Waals surface area contributed by atoms with Gasteiger partial charge in [-0.3, -0.25) is 0 Å². The highest BCUT2D eigenvalue weighted by Gasteiger charge is 2.10. The number of amides is 2. The van der Waals surface area contributed by atoms with Gasteiger partial charge in [0, 0.05) is 13.6 Å². The van der Waals surface area contributed by atoms with Crippen molar-refractivity contribution in [1.29, 1.82) is 0 Å². The summed E-state index contributed by atoms with van der Waals surface area (Å²) in [6.45, 7) is 0.233. The number of carbonyl (C=O) groups is 1. The fourth-order valence-corrected chi connectivity index (χ4v) is 1.21. The van der Waals surface area contributed by atoms with Crippen molar-refractivity contribution in [2.24, 2.45) is 0 Å². The third-order valence-electron chi connectivity index (χ3n) is 2.13. The van der Waals surface area contributed by atoms with Gasteiger partial charge in [0.2, 0.25) is 0 Å². The number of likely N-dealkylation sites (N-methyl/N-ethyl adjacent to an activating group) is 1. The smallest absolute Gasteiger partial charge is 0.321 e. The first-order chi connectivity index (χ1) is 7.69. The summed E-state index contributed by atoms with van der Waals surface area (Å²) in [6.07, 6.45) is 0. The molecule has 1 aromatic carbocycles. The van der Waals surface area contributed by atoms with Crippen LogP contribution >= 0.6 is 0 Å². The van der Waals surface area contributed by atoms with Crippen molar-refractivity contribution >= 4 is 11.7 Å². The van der Waals surface area contributed by atoms with Gasteiger partial charge in [-0.05, 0) is 12.1 Å². The minimum atomic E-state index is -0.279. The minimum absolute atomic E-state index is 0.0597. The van der Waals surface area contributed by atoms with Gasteiger partial charge >= 0.3 is 6.03 Å². The summed E-state index contributed by atoms with van der Waals surface area (Å²) in [4.78, 5) is 13.0. The standard InChI is InChI=1S/C11H16N2O3/c1-13(7-8-14)11(15)12-9-5-3-4-6-10(9)16-2/h3-6,14H,7-8H2,1-2H3,(H,12,15). The maximum absolute atomic E-state index is 11.6. The number of nitrogens with one attached hydrogen (secondary N) is 1. The zero-order chi connectivity index (χ0) is 12.0. The summed E-state index contributed by atoms with van der Waals surface area (Å²) in [6, 6.07) is 6.87. The first kappa shape index (κ1) is 12.3. The number of aliphatic hydroxyl groups excluding tert-OH is 1. The molecule has 0 spiro atoms. The molecule has 0 radical (unpaired) electrons. The fourth-order valence-electron chi connectivity index (χ4n) is 1.21. The zero-order valence-electron chi connectivity index (χ0n) is 9.43. The summed E-state index contributed by atoms with van der Waals surface area (Å²) in [5.41, 5.74) is 0.611. The number of hydrogen-bond acceptors (Lipinski definition) is 3. The Kier molecular flexibility index (Phi) is 4.60. The molecular formula is C11H16N2O3. The number of nitrogens with zero attached hydrogens (tertiary/aromatic N) is 1. The Morgan fingerprint density at radius 2 is 2.19 bits per heavy atom. The summed E-state index contributed by atoms with van der Waals surface area (Å²) in [5.74, 6) is 0.605. The minimum Gasteiger partial charge on any atom is -0.495 e. The molecule has 1 aromatic rings. The fraction of sp³-hybridized carbons (Fsp3) is 0.364. The lowest BCUT2D eigenvalue weighted by molar-refractivity contribution is 0.202. The van der Waals surface area contributed by atoms with Crippen LogP contribution in [-0.2, 0) is 0 Å². The Hall–Kier alpha value is -1.75. The molecule has 0 fully saturated rings. The third-order valence-corrected chi connectivity index (χ3v) is 2.13. The summed E-state index contributed by atoms with van der Waals surface area (Å²) in [7, 11) is 3.16. The van der Waals surface area contributed by atoms with Crippen LogP contribution in [0.25, 0.3) is 0 Å². The molecule has 0 aliphatic heterocycles. The van der Waals surface area contributed by atoms with E-state index in [0.29, 0.717) is 18.0 Å². The number of urea groups is 1. The first-order valence-electron chi connectivity index (χ1n) is 4.95. The van der Waals surface area contributed by atoms with Crippen molar-refractivity contribution in [3.63, 3.8) is 0 Å². The molecule has 2 N–H and O–H groups in total. The highest BCUT2D eigenvalue weighted by Crippen LogP contribution is 2.23. The number of anilines is 1. The number of rotatable bonds is 4. The lowest BCUT2D eigenvalue weighted by Crippen LogP contribution is -2.33. The SMILES string of the molecule is COc1ccccc1NC(=O)N(C)CCO. The second kappa shape index (κ2) is 5.97. The van der Waals surface area contributed by atoms with E-state index in [1.54, 1.807) is 26.3 Å². The lowest BCUT2D eigenvalue weighted by Gasteiger charge is -2.17. The van der Waals surface area contributed by atoms with Crippen molar-refractivity contribution in [3.05, 3.63) is 24.3 Å². The van der Waals surface area contributed by atoms with Crippen LogP contribution in [0.4, 0.5) is 10.5 Å².